The molecule has 0 saturated carbocycles. The van der Waals surface area contributed by atoms with Crippen molar-refractivity contribution in [3.63, 3.8) is 0 Å². The van der Waals surface area contributed by atoms with E-state index >= 15 is 0 Å². The molecule has 3 nitrogen and oxygen atoms in total. The lowest BCUT2D eigenvalue weighted by Crippen LogP contribution is -1.98. The van der Waals surface area contributed by atoms with E-state index in [0.29, 0.717) is 13.2 Å². The summed E-state index contributed by atoms with van der Waals surface area (Å²) in [5.74, 6) is 0.458. The van der Waals surface area contributed by atoms with Crippen LogP contribution in [0.1, 0.15) is 18.1 Å². The van der Waals surface area contributed by atoms with Gasteiger partial charge in [0.1, 0.15) is 12.4 Å². The molecule has 0 unspecified atom stereocenters. The van der Waals surface area contributed by atoms with Crippen molar-refractivity contribution >= 4 is 22.8 Å². The van der Waals surface area contributed by atoms with Crippen LogP contribution in [-0.2, 0) is 16.1 Å². The minimum absolute atomic E-state index is 0.334. The molecule has 3 aromatic carbocycles. The molecule has 0 aliphatic carbocycles. The van der Waals surface area contributed by atoms with Crippen LogP contribution >= 0.6 is 0 Å². The maximum atomic E-state index is 11.3. The van der Waals surface area contributed by atoms with E-state index in [-0.39, 0.29) is 5.97 Å². The van der Waals surface area contributed by atoms with Gasteiger partial charge in [-0.1, -0.05) is 54.6 Å². The van der Waals surface area contributed by atoms with Gasteiger partial charge in [0.25, 0.3) is 0 Å². The second kappa shape index (κ2) is 8.15. The maximum Gasteiger partial charge on any atom is 0.330 e. The Bertz CT molecular complexity index is 874. The summed E-state index contributed by atoms with van der Waals surface area (Å²) in [5.41, 5.74) is 2.08. The van der Waals surface area contributed by atoms with Crippen LogP contribution in [0.5, 0.6) is 5.75 Å². The SMILES string of the molecule is CCOC(=O)/C=C/c1ccc(OCc2cccc3ccccc23)cc1. The minimum atomic E-state index is -0.334. The molecule has 0 aliphatic rings. The van der Waals surface area contributed by atoms with E-state index in [1.54, 1.807) is 13.0 Å². The molecule has 126 valence electrons. The fourth-order valence-electron chi connectivity index (χ4n) is 2.61. The highest BCUT2D eigenvalue weighted by atomic mass is 16.5. The van der Waals surface area contributed by atoms with Gasteiger partial charge in [-0.25, -0.2) is 4.79 Å². The fourth-order valence-corrected chi connectivity index (χ4v) is 2.61. The van der Waals surface area contributed by atoms with Crippen LogP contribution in [0.4, 0.5) is 0 Å². The molecular weight excluding hydrogens is 312 g/mol. The van der Waals surface area contributed by atoms with Crippen molar-refractivity contribution in [1.29, 1.82) is 0 Å². The zero-order valence-electron chi connectivity index (χ0n) is 14.1. The van der Waals surface area contributed by atoms with Crippen LogP contribution in [-0.4, -0.2) is 12.6 Å². The van der Waals surface area contributed by atoms with Crippen LogP contribution < -0.4 is 4.74 Å². The molecule has 3 heteroatoms. The first-order chi connectivity index (χ1) is 12.3. The molecule has 3 rings (SSSR count). The predicted octanol–water partition coefficient (Wildman–Crippen LogP) is 5.00. The number of esters is 1. The summed E-state index contributed by atoms with van der Waals surface area (Å²) < 4.78 is 10.8. The predicted molar refractivity (Wildman–Crippen MR) is 100 cm³/mol. The third-order valence-corrected chi connectivity index (χ3v) is 3.85. The molecule has 0 spiro atoms. The number of fused-ring (bicyclic) bond motifs is 1. The Morgan fingerprint density at radius 2 is 1.72 bits per heavy atom. The number of rotatable bonds is 6. The van der Waals surface area contributed by atoms with Gasteiger partial charge in [-0.2, -0.15) is 0 Å². The molecule has 0 aromatic heterocycles. The van der Waals surface area contributed by atoms with Crippen molar-refractivity contribution in [2.45, 2.75) is 13.5 Å². The highest BCUT2D eigenvalue weighted by Gasteiger charge is 2.02. The zero-order chi connectivity index (χ0) is 17.5. The molecule has 0 fully saturated rings. The van der Waals surface area contributed by atoms with Crippen LogP contribution in [0.2, 0.25) is 0 Å². The summed E-state index contributed by atoms with van der Waals surface area (Å²) in [7, 11) is 0. The number of benzene rings is 3. The van der Waals surface area contributed by atoms with E-state index in [1.807, 2.05) is 42.5 Å². The molecule has 0 radical (unpaired) electrons. The third kappa shape index (κ3) is 4.48. The standard InChI is InChI=1S/C22H20O3/c1-2-24-22(23)15-12-17-10-13-20(14-11-17)25-16-19-8-5-7-18-6-3-4-9-21(18)19/h3-15H,2,16H2,1H3/b15-12+. The summed E-state index contributed by atoms with van der Waals surface area (Å²) in [6.07, 6.45) is 3.15. The van der Waals surface area contributed by atoms with Crippen LogP contribution in [0, 0.1) is 0 Å². The van der Waals surface area contributed by atoms with Gasteiger partial charge in [0.2, 0.25) is 0 Å². The van der Waals surface area contributed by atoms with Crippen LogP contribution in [0.25, 0.3) is 16.8 Å². The second-order valence-electron chi connectivity index (χ2n) is 5.58. The van der Waals surface area contributed by atoms with Crippen molar-refractivity contribution < 1.29 is 14.3 Å². The number of carbonyl (C=O) groups is 1. The lowest BCUT2D eigenvalue weighted by molar-refractivity contribution is -0.137. The number of ether oxygens (including phenoxy) is 2. The van der Waals surface area contributed by atoms with Gasteiger partial charge in [0.15, 0.2) is 0 Å². The molecule has 0 amide bonds. The van der Waals surface area contributed by atoms with Gasteiger partial charge in [-0.15, -0.1) is 0 Å². The summed E-state index contributed by atoms with van der Waals surface area (Å²) in [6.45, 7) is 2.68. The maximum absolute atomic E-state index is 11.3. The molecule has 0 atom stereocenters. The second-order valence-corrected chi connectivity index (χ2v) is 5.58. The normalized spacial score (nSPS) is 10.9. The average Bonchev–Trinajstić information content (AvgIpc) is 2.66. The van der Waals surface area contributed by atoms with E-state index in [0.717, 1.165) is 16.9 Å². The van der Waals surface area contributed by atoms with Crippen molar-refractivity contribution in [3.8, 4) is 5.75 Å². The monoisotopic (exact) mass is 332 g/mol. The first-order valence-electron chi connectivity index (χ1n) is 8.30. The summed E-state index contributed by atoms with van der Waals surface area (Å²) in [6, 6.07) is 22.1. The Labute approximate surface area is 147 Å². The topological polar surface area (TPSA) is 35.5 Å². The van der Waals surface area contributed by atoms with Crippen molar-refractivity contribution in [2.24, 2.45) is 0 Å². The molecule has 0 aliphatic heterocycles. The molecular formula is C22H20O3. The summed E-state index contributed by atoms with van der Waals surface area (Å²) in [4.78, 5) is 11.3. The summed E-state index contributed by atoms with van der Waals surface area (Å²) >= 11 is 0. The fraction of sp³-hybridized carbons (Fsp3) is 0.136. The molecule has 0 N–H and O–H groups in total. The molecule has 3 aromatic rings. The number of hydrogen-bond acceptors (Lipinski definition) is 3. The summed E-state index contributed by atoms with van der Waals surface area (Å²) in [5, 5.41) is 2.42. The Balaban J connectivity index is 1.65. The van der Waals surface area contributed by atoms with E-state index in [9.17, 15) is 4.79 Å². The first kappa shape index (κ1) is 16.8. The quantitative estimate of drug-likeness (QED) is 0.471. The lowest BCUT2D eigenvalue weighted by Gasteiger charge is -2.09. The van der Waals surface area contributed by atoms with Crippen molar-refractivity contribution in [1.82, 2.24) is 0 Å². The van der Waals surface area contributed by atoms with Gasteiger partial charge >= 0.3 is 5.97 Å². The van der Waals surface area contributed by atoms with E-state index < -0.39 is 0 Å². The molecule has 25 heavy (non-hydrogen) atoms. The molecule has 0 saturated heterocycles. The number of hydrogen-bond donors (Lipinski definition) is 0. The average molecular weight is 332 g/mol. The van der Waals surface area contributed by atoms with Crippen LogP contribution in [0.15, 0.2) is 72.8 Å². The smallest absolute Gasteiger partial charge is 0.330 e. The minimum Gasteiger partial charge on any atom is -0.489 e. The van der Waals surface area contributed by atoms with Gasteiger partial charge in [0, 0.05) is 6.08 Å². The van der Waals surface area contributed by atoms with Gasteiger partial charge in [-0.05, 0) is 47.0 Å². The van der Waals surface area contributed by atoms with E-state index in [1.165, 1.54) is 16.8 Å². The molecule has 0 bridgehead atoms. The first-order valence-corrected chi connectivity index (χ1v) is 8.30. The third-order valence-electron chi connectivity index (χ3n) is 3.85. The lowest BCUT2D eigenvalue weighted by atomic mass is 10.1. The number of carbonyl (C=O) groups excluding carboxylic acids is 1. The van der Waals surface area contributed by atoms with E-state index in [2.05, 4.69) is 24.3 Å². The largest absolute Gasteiger partial charge is 0.489 e. The Morgan fingerprint density at radius 3 is 2.52 bits per heavy atom. The Morgan fingerprint density at radius 1 is 0.960 bits per heavy atom. The van der Waals surface area contributed by atoms with Crippen LogP contribution in [0.3, 0.4) is 0 Å². The van der Waals surface area contributed by atoms with Crippen molar-refractivity contribution in [2.75, 3.05) is 6.61 Å². The Hall–Kier alpha value is -3.07. The molecule has 0 heterocycles. The van der Waals surface area contributed by atoms with Gasteiger partial charge < -0.3 is 9.47 Å². The van der Waals surface area contributed by atoms with Gasteiger partial charge in [0.05, 0.1) is 6.61 Å². The highest BCUT2D eigenvalue weighted by molar-refractivity contribution is 5.87. The zero-order valence-corrected chi connectivity index (χ0v) is 14.1. The van der Waals surface area contributed by atoms with E-state index in [4.69, 9.17) is 9.47 Å². The highest BCUT2D eigenvalue weighted by Crippen LogP contribution is 2.21. The van der Waals surface area contributed by atoms with Crippen molar-refractivity contribution in [3.05, 3.63) is 83.9 Å². The van der Waals surface area contributed by atoms with Gasteiger partial charge in [-0.3, -0.25) is 0 Å². The Kier molecular flexibility index (Phi) is 5.47.